The van der Waals surface area contributed by atoms with Crippen LogP contribution in [0.25, 0.3) is 0 Å². The molecule has 1 fully saturated rings. The summed E-state index contributed by atoms with van der Waals surface area (Å²) in [5.41, 5.74) is 1.96. The lowest BCUT2D eigenvalue weighted by Gasteiger charge is -2.35. The van der Waals surface area contributed by atoms with Gasteiger partial charge in [-0.25, -0.2) is 8.78 Å². The number of aryl methyl sites for hydroxylation is 1. The Morgan fingerprint density at radius 1 is 1.45 bits per heavy atom. The number of fused-ring (bicyclic) bond motifs is 1. The number of hydrogen-bond donors (Lipinski definition) is 1. The molecule has 1 aromatic rings. The summed E-state index contributed by atoms with van der Waals surface area (Å²) < 4.78 is 31.1. The highest BCUT2D eigenvalue weighted by molar-refractivity contribution is 5.80. The summed E-state index contributed by atoms with van der Waals surface area (Å²) >= 11 is 0. The minimum Gasteiger partial charge on any atom is -0.361 e. The minimum absolute atomic E-state index is 0.0189. The van der Waals surface area contributed by atoms with Crippen LogP contribution in [0.3, 0.4) is 0 Å². The molecule has 0 spiro atoms. The third-order valence-corrected chi connectivity index (χ3v) is 4.39. The van der Waals surface area contributed by atoms with Crippen LogP contribution in [-0.2, 0) is 24.2 Å². The topological polar surface area (TPSA) is 58.4 Å². The van der Waals surface area contributed by atoms with Gasteiger partial charge in [-0.15, -0.1) is 0 Å². The molecule has 1 saturated carbocycles. The van der Waals surface area contributed by atoms with Crippen LogP contribution < -0.4 is 5.32 Å². The molecule has 0 bridgehead atoms. The quantitative estimate of drug-likeness (QED) is 0.920. The Morgan fingerprint density at radius 2 is 2.18 bits per heavy atom. The second kappa shape index (κ2) is 5.61. The van der Waals surface area contributed by atoms with E-state index < -0.39 is 11.8 Å². The number of halogens is 2. The van der Waals surface area contributed by atoms with E-state index in [0.717, 1.165) is 29.9 Å². The number of aromatic nitrogens is 1. The molecule has 122 valence electrons. The standard InChI is InChI=1S/C15H21F2N3O2/c1-20(2)8-12-11-5-10(3-4-13(11)22-19-12)18-14(21)9-6-15(16,17)7-9/h9-10H,3-8H2,1-2H3,(H,18,21). The first-order valence-corrected chi connectivity index (χ1v) is 7.63. The van der Waals surface area contributed by atoms with E-state index in [9.17, 15) is 13.6 Å². The molecule has 1 unspecified atom stereocenters. The summed E-state index contributed by atoms with van der Waals surface area (Å²) in [6.45, 7) is 0.689. The van der Waals surface area contributed by atoms with Crippen molar-refractivity contribution >= 4 is 5.91 Å². The Balaban J connectivity index is 1.59. The Kier molecular flexibility index (Phi) is 3.92. The Hall–Kier alpha value is -1.50. The number of alkyl halides is 2. The number of nitrogens with one attached hydrogen (secondary N) is 1. The Labute approximate surface area is 128 Å². The normalized spacial score (nSPS) is 24.0. The van der Waals surface area contributed by atoms with E-state index in [4.69, 9.17) is 4.52 Å². The van der Waals surface area contributed by atoms with Gasteiger partial charge >= 0.3 is 0 Å². The first kappa shape index (κ1) is 15.4. The maximum absolute atomic E-state index is 12.9. The summed E-state index contributed by atoms with van der Waals surface area (Å²) in [5.74, 6) is -2.56. The highest BCUT2D eigenvalue weighted by Crippen LogP contribution is 2.42. The van der Waals surface area contributed by atoms with Gasteiger partial charge in [0.15, 0.2) is 0 Å². The van der Waals surface area contributed by atoms with Gasteiger partial charge in [0.25, 0.3) is 0 Å². The number of carbonyl (C=O) groups is 1. The van der Waals surface area contributed by atoms with Crippen molar-refractivity contribution in [1.82, 2.24) is 15.4 Å². The van der Waals surface area contributed by atoms with E-state index >= 15 is 0 Å². The molecule has 0 aliphatic heterocycles. The van der Waals surface area contributed by atoms with E-state index in [1.54, 1.807) is 0 Å². The summed E-state index contributed by atoms with van der Waals surface area (Å²) in [6.07, 6.45) is 1.50. The van der Waals surface area contributed by atoms with Crippen LogP contribution in [0.1, 0.15) is 36.3 Å². The smallest absolute Gasteiger partial charge is 0.249 e. The Morgan fingerprint density at radius 3 is 2.82 bits per heavy atom. The van der Waals surface area contributed by atoms with E-state index in [-0.39, 0.29) is 24.8 Å². The zero-order valence-electron chi connectivity index (χ0n) is 12.9. The van der Waals surface area contributed by atoms with Crippen molar-refractivity contribution in [1.29, 1.82) is 0 Å². The molecule has 0 radical (unpaired) electrons. The molecule has 5 nitrogen and oxygen atoms in total. The lowest BCUT2D eigenvalue weighted by Crippen LogP contribution is -2.49. The van der Waals surface area contributed by atoms with Crippen LogP contribution in [0.4, 0.5) is 8.78 Å². The van der Waals surface area contributed by atoms with Crippen LogP contribution in [-0.4, -0.2) is 42.0 Å². The zero-order chi connectivity index (χ0) is 15.9. The Bertz CT molecular complexity index is 563. The van der Waals surface area contributed by atoms with E-state index in [2.05, 4.69) is 10.5 Å². The van der Waals surface area contributed by atoms with Gasteiger partial charge in [0.2, 0.25) is 11.8 Å². The molecule has 3 rings (SSSR count). The largest absolute Gasteiger partial charge is 0.361 e. The minimum atomic E-state index is -2.66. The second-order valence-corrected chi connectivity index (χ2v) is 6.68. The fourth-order valence-electron chi connectivity index (χ4n) is 3.18. The highest BCUT2D eigenvalue weighted by Gasteiger charge is 2.49. The molecule has 1 amide bonds. The number of carbonyl (C=O) groups excluding carboxylic acids is 1. The van der Waals surface area contributed by atoms with Gasteiger partial charge in [-0.2, -0.15) is 0 Å². The summed E-state index contributed by atoms with van der Waals surface area (Å²) in [5, 5.41) is 7.02. The van der Waals surface area contributed by atoms with E-state index in [1.165, 1.54) is 0 Å². The maximum Gasteiger partial charge on any atom is 0.249 e. The van der Waals surface area contributed by atoms with Gasteiger partial charge in [-0.3, -0.25) is 4.79 Å². The molecular weight excluding hydrogens is 292 g/mol. The summed E-state index contributed by atoms with van der Waals surface area (Å²) in [7, 11) is 3.92. The number of rotatable bonds is 4. The average molecular weight is 313 g/mol. The molecule has 0 aromatic carbocycles. The van der Waals surface area contributed by atoms with Crippen LogP contribution in [0, 0.1) is 5.92 Å². The third kappa shape index (κ3) is 3.14. The van der Waals surface area contributed by atoms with Crippen LogP contribution in [0.15, 0.2) is 4.52 Å². The fourth-order valence-corrected chi connectivity index (χ4v) is 3.18. The summed E-state index contributed by atoms with van der Waals surface area (Å²) in [4.78, 5) is 14.0. The molecule has 1 N–H and O–H groups in total. The van der Waals surface area contributed by atoms with Crippen LogP contribution in [0.5, 0.6) is 0 Å². The SMILES string of the molecule is CN(C)Cc1noc2c1CC(NC(=O)C1CC(F)(F)C1)CC2. The molecule has 22 heavy (non-hydrogen) atoms. The lowest BCUT2D eigenvalue weighted by atomic mass is 9.80. The van der Waals surface area contributed by atoms with Crippen molar-refractivity contribution in [2.24, 2.45) is 5.92 Å². The molecule has 2 aliphatic carbocycles. The molecule has 1 atom stereocenters. The highest BCUT2D eigenvalue weighted by atomic mass is 19.3. The van der Waals surface area contributed by atoms with E-state index in [1.807, 2.05) is 19.0 Å². The first-order valence-electron chi connectivity index (χ1n) is 7.63. The predicted octanol–water partition coefficient (Wildman–Crippen LogP) is 1.75. The van der Waals surface area contributed by atoms with Crippen molar-refractivity contribution in [3.63, 3.8) is 0 Å². The average Bonchev–Trinajstić information content (AvgIpc) is 2.78. The van der Waals surface area contributed by atoms with Gasteiger partial charge in [0, 0.05) is 43.3 Å². The van der Waals surface area contributed by atoms with Crippen molar-refractivity contribution in [2.45, 2.75) is 50.6 Å². The second-order valence-electron chi connectivity index (χ2n) is 6.68. The van der Waals surface area contributed by atoms with E-state index in [0.29, 0.717) is 13.0 Å². The van der Waals surface area contributed by atoms with Crippen molar-refractivity contribution < 1.29 is 18.1 Å². The van der Waals surface area contributed by atoms with Crippen LogP contribution in [0.2, 0.25) is 0 Å². The summed E-state index contributed by atoms with van der Waals surface area (Å²) in [6, 6.07) is -0.0189. The van der Waals surface area contributed by atoms with Gasteiger partial charge in [0.05, 0.1) is 0 Å². The molecule has 2 aliphatic rings. The molecular formula is C15H21F2N3O2. The number of amides is 1. The molecule has 1 heterocycles. The van der Waals surface area contributed by atoms with Crippen molar-refractivity contribution in [3.05, 3.63) is 17.0 Å². The van der Waals surface area contributed by atoms with Crippen molar-refractivity contribution in [3.8, 4) is 0 Å². The van der Waals surface area contributed by atoms with Crippen LogP contribution >= 0.6 is 0 Å². The molecule has 7 heteroatoms. The van der Waals surface area contributed by atoms with Gasteiger partial charge in [-0.05, 0) is 26.9 Å². The number of hydrogen-bond acceptors (Lipinski definition) is 4. The molecule has 1 aromatic heterocycles. The monoisotopic (exact) mass is 313 g/mol. The van der Waals surface area contributed by atoms with Gasteiger partial charge < -0.3 is 14.7 Å². The number of nitrogens with zero attached hydrogens (tertiary/aromatic N) is 2. The third-order valence-electron chi connectivity index (χ3n) is 4.39. The zero-order valence-corrected chi connectivity index (χ0v) is 12.9. The van der Waals surface area contributed by atoms with Gasteiger partial charge in [0.1, 0.15) is 11.5 Å². The lowest BCUT2D eigenvalue weighted by molar-refractivity contribution is -0.150. The first-order chi connectivity index (χ1) is 10.3. The maximum atomic E-state index is 12.9. The van der Waals surface area contributed by atoms with Gasteiger partial charge in [-0.1, -0.05) is 5.16 Å². The predicted molar refractivity (Wildman–Crippen MR) is 75.5 cm³/mol. The fraction of sp³-hybridized carbons (Fsp3) is 0.733. The van der Waals surface area contributed by atoms with Crippen molar-refractivity contribution in [2.75, 3.05) is 14.1 Å². The molecule has 0 saturated heterocycles.